The second-order valence-electron chi connectivity index (χ2n) is 9.35. The third-order valence-corrected chi connectivity index (χ3v) is 7.62. The first kappa shape index (κ1) is 22.5. The maximum Gasteiger partial charge on any atom is 0.311 e. The van der Waals surface area contributed by atoms with Crippen LogP contribution in [0.5, 0.6) is 5.75 Å². The lowest BCUT2D eigenvalue weighted by atomic mass is 9.76. The predicted molar refractivity (Wildman–Crippen MR) is 129 cm³/mol. The zero-order valence-corrected chi connectivity index (χ0v) is 19.8. The monoisotopic (exact) mass is 461 g/mol. The van der Waals surface area contributed by atoms with Gasteiger partial charge >= 0.3 is 5.97 Å². The van der Waals surface area contributed by atoms with Crippen molar-refractivity contribution in [1.29, 1.82) is 0 Å². The number of esters is 1. The van der Waals surface area contributed by atoms with E-state index in [0.717, 1.165) is 49.3 Å². The number of hydrogen-bond donors (Lipinski definition) is 1. The number of likely N-dealkylation sites (tertiary alicyclic amines) is 2. The summed E-state index contributed by atoms with van der Waals surface area (Å²) in [5.74, 6) is 0.0528. The minimum Gasteiger partial charge on any atom is -0.497 e. The number of para-hydroxylation sites is 1. The SMILES string of the molecule is COC(=O)C1CC(=O)N(Cc2cccc(OC)c2)C12CCN(Cc1c[nH]c3ccccc13)CC2. The topological polar surface area (TPSA) is 74.9 Å². The zero-order valence-electron chi connectivity index (χ0n) is 19.8. The second kappa shape index (κ2) is 9.14. The van der Waals surface area contributed by atoms with E-state index in [4.69, 9.17) is 9.47 Å². The molecular formula is C27H31N3O4. The van der Waals surface area contributed by atoms with Crippen LogP contribution in [0.2, 0.25) is 0 Å². The van der Waals surface area contributed by atoms with Crippen molar-refractivity contribution in [3.63, 3.8) is 0 Å². The van der Waals surface area contributed by atoms with Crippen molar-refractivity contribution in [2.45, 2.75) is 37.9 Å². The number of carbonyl (C=O) groups excluding carboxylic acids is 2. The van der Waals surface area contributed by atoms with E-state index in [0.29, 0.717) is 6.54 Å². The quantitative estimate of drug-likeness (QED) is 0.566. The first-order chi connectivity index (χ1) is 16.5. The number of piperidine rings is 1. The van der Waals surface area contributed by atoms with E-state index < -0.39 is 11.5 Å². The number of hydrogen-bond acceptors (Lipinski definition) is 5. The second-order valence-corrected chi connectivity index (χ2v) is 9.35. The zero-order chi connectivity index (χ0) is 23.7. The van der Waals surface area contributed by atoms with Gasteiger partial charge in [-0.2, -0.15) is 0 Å². The molecule has 1 spiro atoms. The summed E-state index contributed by atoms with van der Waals surface area (Å²) in [6, 6.07) is 16.1. The van der Waals surface area contributed by atoms with Crippen molar-refractivity contribution < 1.29 is 19.1 Å². The summed E-state index contributed by atoms with van der Waals surface area (Å²) < 4.78 is 10.5. The Bertz CT molecular complexity index is 1200. The molecule has 0 saturated carbocycles. The number of benzene rings is 2. The van der Waals surface area contributed by atoms with Gasteiger partial charge in [-0.3, -0.25) is 14.5 Å². The van der Waals surface area contributed by atoms with Crippen molar-refractivity contribution >= 4 is 22.8 Å². The number of rotatable bonds is 6. The molecule has 1 amide bonds. The lowest BCUT2D eigenvalue weighted by molar-refractivity contribution is -0.150. The van der Waals surface area contributed by atoms with Crippen molar-refractivity contribution in [2.75, 3.05) is 27.3 Å². The highest BCUT2D eigenvalue weighted by molar-refractivity contribution is 5.89. The number of fused-ring (bicyclic) bond motifs is 1. The highest BCUT2D eigenvalue weighted by Gasteiger charge is 2.56. The first-order valence-electron chi connectivity index (χ1n) is 11.8. The third kappa shape index (κ3) is 3.94. The molecule has 2 aliphatic heterocycles. The highest BCUT2D eigenvalue weighted by Crippen LogP contribution is 2.45. The number of amides is 1. The predicted octanol–water partition coefficient (Wildman–Crippen LogP) is 3.73. The molecule has 0 radical (unpaired) electrons. The molecule has 3 heterocycles. The van der Waals surface area contributed by atoms with Gasteiger partial charge in [-0.1, -0.05) is 30.3 Å². The number of aromatic amines is 1. The standard InChI is InChI=1S/C27H31N3O4/c1-33-21-7-5-6-19(14-21)17-30-25(31)15-23(26(32)34-2)27(30)10-12-29(13-11-27)18-20-16-28-24-9-4-3-8-22(20)24/h3-9,14,16,23,28H,10-13,15,17-18H2,1-2H3. The third-order valence-electron chi connectivity index (χ3n) is 7.62. The van der Waals surface area contributed by atoms with E-state index in [9.17, 15) is 9.59 Å². The molecule has 178 valence electrons. The number of ether oxygens (including phenoxy) is 2. The van der Waals surface area contributed by atoms with Crippen molar-refractivity contribution in [2.24, 2.45) is 5.92 Å². The molecular weight excluding hydrogens is 430 g/mol. The summed E-state index contributed by atoms with van der Waals surface area (Å²) >= 11 is 0. The maximum atomic E-state index is 13.2. The lowest BCUT2D eigenvalue weighted by Crippen LogP contribution is -2.57. The summed E-state index contributed by atoms with van der Waals surface area (Å²) in [4.78, 5) is 33.7. The van der Waals surface area contributed by atoms with Crippen LogP contribution >= 0.6 is 0 Å². The Balaban J connectivity index is 1.37. The van der Waals surface area contributed by atoms with Crippen LogP contribution in [-0.2, 0) is 27.4 Å². The van der Waals surface area contributed by atoms with Crippen LogP contribution in [0.15, 0.2) is 54.7 Å². The molecule has 1 atom stereocenters. The average molecular weight is 462 g/mol. The van der Waals surface area contributed by atoms with Gasteiger partial charge in [0.1, 0.15) is 5.75 Å². The van der Waals surface area contributed by atoms with E-state index in [1.807, 2.05) is 35.2 Å². The molecule has 0 bridgehead atoms. The van der Waals surface area contributed by atoms with Crippen LogP contribution in [0, 0.1) is 5.92 Å². The molecule has 1 aromatic heterocycles. The van der Waals surface area contributed by atoms with Crippen LogP contribution in [-0.4, -0.2) is 59.5 Å². The Kier molecular flexibility index (Phi) is 6.04. The minimum atomic E-state index is -0.524. The molecule has 1 unspecified atom stereocenters. The Morgan fingerprint density at radius 3 is 2.65 bits per heavy atom. The van der Waals surface area contributed by atoms with Crippen LogP contribution in [0.4, 0.5) is 0 Å². The highest BCUT2D eigenvalue weighted by atomic mass is 16.5. The van der Waals surface area contributed by atoms with Crippen molar-refractivity contribution in [3.05, 3.63) is 65.9 Å². The van der Waals surface area contributed by atoms with Gasteiger partial charge in [0, 0.05) is 49.7 Å². The Hall–Kier alpha value is -3.32. The fraction of sp³-hybridized carbons (Fsp3) is 0.407. The Morgan fingerprint density at radius 1 is 1.09 bits per heavy atom. The number of carbonyl (C=O) groups is 2. The van der Waals surface area contributed by atoms with Gasteiger partial charge in [-0.05, 0) is 42.2 Å². The molecule has 2 aliphatic rings. The summed E-state index contributed by atoms with van der Waals surface area (Å²) in [6.45, 7) is 2.93. The van der Waals surface area contributed by atoms with E-state index in [1.165, 1.54) is 18.1 Å². The number of aromatic nitrogens is 1. The van der Waals surface area contributed by atoms with Crippen LogP contribution in [0.25, 0.3) is 10.9 Å². The van der Waals surface area contributed by atoms with Crippen LogP contribution in [0.1, 0.15) is 30.4 Å². The van der Waals surface area contributed by atoms with E-state index >= 15 is 0 Å². The summed E-state index contributed by atoms with van der Waals surface area (Å²) in [5, 5.41) is 1.24. The summed E-state index contributed by atoms with van der Waals surface area (Å²) in [5.41, 5.74) is 2.89. The van der Waals surface area contributed by atoms with E-state index in [-0.39, 0.29) is 18.3 Å². The molecule has 1 N–H and O–H groups in total. The van der Waals surface area contributed by atoms with Gasteiger partial charge in [0.15, 0.2) is 0 Å². The number of methoxy groups -OCH3 is 2. The average Bonchev–Trinajstić information content (AvgIpc) is 3.39. The fourth-order valence-corrected chi connectivity index (χ4v) is 5.78. The Morgan fingerprint density at radius 2 is 1.88 bits per heavy atom. The van der Waals surface area contributed by atoms with Gasteiger partial charge in [0.2, 0.25) is 5.91 Å². The van der Waals surface area contributed by atoms with Crippen molar-refractivity contribution in [1.82, 2.24) is 14.8 Å². The molecule has 7 heteroatoms. The number of H-pyrrole nitrogens is 1. The molecule has 2 fully saturated rings. The smallest absolute Gasteiger partial charge is 0.311 e. The fourth-order valence-electron chi connectivity index (χ4n) is 5.78. The molecule has 2 aromatic carbocycles. The lowest BCUT2D eigenvalue weighted by Gasteiger charge is -2.47. The van der Waals surface area contributed by atoms with Gasteiger partial charge in [0.25, 0.3) is 0 Å². The van der Waals surface area contributed by atoms with Crippen molar-refractivity contribution in [3.8, 4) is 5.75 Å². The molecule has 3 aromatic rings. The van der Waals surface area contributed by atoms with Gasteiger partial charge in [-0.15, -0.1) is 0 Å². The number of nitrogens with zero attached hydrogens (tertiary/aromatic N) is 2. The van der Waals surface area contributed by atoms with Crippen LogP contribution < -0.4 is 4.74 Å². The van der Waals surface area contributed by atoms with E-state index in [2.05, 4.69) is 34.3 Å². The Labute approximate surface area is 199 Å². The molecule has 34 heavy (non-hydrogen) atoms. The molecule has 0 aliphatic carbocycles. The minimum absolute atomic E-state index is 0.0169. The summed E-state index contributed by atoms with van der Waals surface area (Å²) in [7, 11) is 3.05. The van der Waals surface area contributed by atoms with Gasteiger partial charge in [-0.25, -0.2) is 0 Å². The van der Waals surface area contributed by atoms with Gasteiger partial charge in [0.05, 0.1) is 25.7 Å². The van der Waals surface area contributed by atoms with E-state index in [1.54, 1.807) is 7.11 Å². The number of nitrogens with one attached hydrogen (secondary N) is 1. The molecule has 2 saturated heterocycles. The first-order valence-corrected chi connectivity index (χ1v) is 11.8. The van der Waals surface area contributed by atoms with Crippen LogP contribution in [0.3, 0.4) is 0 Å². The van der Waals surface area contributed by atoms with Gasteiger partial charge < -0.3 is 19.4 Å². The molecule has 7 nitrogen and oxygen atoms in total. The maximum absolute atomic E-state index is 13.2. The largest absolute Gasteiger partial charge is 0.497 e. The molecule has 5 rings (SSSR count). The normalized spacial score (nSPS) is 20.2. The summed E-state index contributed by atoms with van der Waals surface area (Å²) in [6.07, 6.45) is 3.77.